The lowest BCUT2D eigenvalue weighted by molar-refractivity contribution is 0.0930. The summed E-state index contributed by atoms with van der Waals surface area (Å²) in [6.45, 7) is 5.22. The summed E-state index contributed by atoms with van der Waals surface area (Å²) in [5.41, 5.74) is 2.89. The van der Waals surface area contributed by atoms with Gasteiger partial charge in [-0.2, -0.15) is 9.61 Å². The van der Waals surface area contributed by atoms with Gasteiger partial charge in [0.05, 0.1) is 22.5 Å². The Bertz CT molecular complexity index is 1510. The highest BCUT2D eigenvalue weighted by Gasteiger charge is 2.24. The highest BCUT2D eigenvalue weighted by atomic mass is 32.1. The van der Waals surface area contributed by atoms with Gasteiger partial charge in [0, 0.05) is 47.6 Å². The Morgan fingerprint density at radius 3 is 2.79 bits per heavy atom. The van der Waals surface area contributed by atoms with Gasteiger partial charge in [-0.1, -0.05) is 6.92 Å². The zero-order chi connectivity index (χ0) is 26.2. The molecule has 1 saturated carbocycles. The first-order valence-electron chi connectivity index (χ1n) is 13.2. The number of amides is 1. The maximum absolute atomic E-state index is 13.1. The molecule has 12 heteroatoms. The van der Waals surface area contributed by atoms with E-state index in [1.807, 2.05) is 17.5 Å². The molecule has 4 aromatic heterocycles. The molecule has 2 fully saturated rings. The second-order valence-corrected chi connectivity index (χ2v) is 11.1. The highest BCUT2D eigenvalue weighted by molar-refractivity contribution is 7.12. The lowest BCUT2D eigenvalue weighted by Gasteiger charge is -2.23. The van der Waals surface area contributed by atoms with E-state index in [4.69, 9.17) is 4.98 Å². The molecule has 200 valence electrons. The monoisotopic (exact) mass is 536 g/mol. The standard InChI is InChI=1S/C26H32N8O3S/c1-2-17(13-33-7-3-4-8-33)29-25(36)21-10-16(14-38-21)19-11-22(28-18-5-6-18)34-23(30-19)15(12-27-34)9-20-24(35)32-26(37)31-20/h10-12,14,17-18,28,35H,2-9,13H2,1H3,(H,29,36)(H2,31,32,37). The van der Waals surface area contributed by atoms with Crippen LogP contribution in [0.2, 0.25) is 0 Å². The minimum Gasteiger partial charge on any atom is -0.493 e. The number of nitrogens with zero attached hydrogens (tertiary/aromatic N) is 4. The Morgan fingerprint density at radius 1 is 1.26 bits per heavy atom. The van der Waals surface area contributed by atoms with Crippen LogP contribution in [0.25, 0.3) is 16.9 Å². The summed E-state index contributed by atoms with van der Waals surface area (Å²) >= 11 is 1.41. The number of carbonyl (C=O) groups is 1. The Labute approximate surface area is 223 Å². The number of aromatic amines is 2. The molecule has 1 amide bonds. The molecule has 0 aromatic carbocycles. The van der Waals surface area contributed by atoms with Gasteiger partial charge in [0.2, 0.25) is 5.88 Å². The Kier molecular flexibility index (Phi) is 6.66. The van der Waals surface area contributed by atoms with Gasteiger partial charge < -0.3 is 25.6 Å². The number of fused-ring (bicyclic) bond motifs is 1. The summed E-state index contributed by atoms with van der Waals surface area (Å²) in [5.74, 6) is 0.575. The molecular weight excluding hydrogens is 504 g/mol. The van der Waals surface area contributed by atoms with E-state index in [1.165, 1.54) is 24.2 Å². The SMILES string of the molecule is CCC(CN1CCCC1)NC(=O)c1cc(-c2cc(NC3CC3)n3ncc(Cc4[nH]c(=O)[nH]c4O)c3n2)cs1. The third kappa shape index (κ3) is 5.18. The zero-order valence-electron chi connectivity index (χ0n) is 21.3. The number of hydrogen-bond acceptors (Lipinski definition) is 8. The zero-order valence-corrected chi connectivity index (χ0v) is 22.1. The van der Waals surface area contributed by atoms with E-state index in [-0.39, 0.29) is 24.2 Å². The van der Waals surface area contributed by atoms with Crippen LogP contribution in [0.1, 0.15) is 60.0 Å². The van der Waals surface area contributed by atoms with E-state index < -0.39 is 5.69 Å². The topological polar surface area (TPSA) is 143 Å². The van der Waals surface area contributed by atoms with Crippen molar-refractivity contribution in [3.63, 3.8) is 0 Å². The summed E-state index contributed by atoms with van der Waals surface area (Å²) < 4.78 is 1.75. The summed E-state index contributed by atoms with van der Waals surface area (Å²) in [5, 5.41) is 23.3. The van der Waals surface area contributed by atoms with Gasteiger partial charge in [-0.05, 0) is 51.3 Å². The second kappa shape index (κ2) is 10.3. The van der Waals surface area contributed by atoms with Crippen LogP contribution in [0.15, 0.2) is 28.5 Å². The molecule has 4 aromatic rings. The number of aromatic hydroxyl groups is 1. The first-order valence-corrected chi connectivity index (χ1v) is 14.1. The lowest BCUT2D eigenvalue weighted by Crippen LogP contribution is -2.42. The maximum atomic E-state index is 13.1. The Morgan fingerprint density at radius 2 is 2.08 bits per heavy atom. The summed E-state index contributed by atoms with van der Waals surface area (Å²) in [6.07, 6.45) is 7.52. The molecule has 2 aliphatic rings. The average molecular weight is 537 g/mol. The third-order valence-corrected chi connectivity index (χ3v) is 8.18. The van der Waals surface area contributed by atoms with E-state index in [1.54, 1.807) is 10.7 Å². The van der Waals surface area contributed by atoms with Crippen LogP contribution in [0, 0.1) is 0 Å². The number of rotatable bonds is 10. The van der Waals surface area contributed by atoms with Crippen LogP contribution < -0.4 is 16.3 Å². The second-order valence-electron chi connectivity index (χ2n) is 10.2. The number of aromatic nitrogens is 5. The normalized spacial score (nSPS) is 16.8. The number of carbonyl (C=O) groups excluding carboxylic acids is 1. The van der Waals surface area contributed by atoms with Gasteiger partial charge in [0.15, 0.2) is 5.65 Å². The van der Waals surface area contributed by atoms with Gasteiger partial charge >= 0.3 is 5.69 Å². The van der Waals surface area contributed by atoms with Crippen molar-refractivity contribution in [2.24, 2.45) is 0 Å². The molecule has 6 rings (SSSR count). The van der Waals surface area contributed by atoms with Crippen LogP contribution in [0.4, 0.5) is 5.82 Å². The third-order valence-electron chi connectivity index (χ3n) is 7.25. The number of likely N-dealkylation sites (tertiary alicyclic amines) is 1. The molecule has 5 N–H and O–H groups in total. The molecule has 11 nitrogen and oxygen atoms in total. The van der Waals surface area contributed by atoms with Crippen molar-refractivity contribution in [1.29, 1.82) is 0 Å². The van der Waals surface area contributed by atoms with Crippen molar-refractivity contribution < 1.29 is 9.90 Å². The van der Waals surface area contributed by atoms with Gasteiger partial charge in [0.25, 0.3) is 5.91 Å². The Balaban J connectivity index is 1.27. The smallest absolute Gasteiger partial charge is 0.325 e. The summed E-state index contributed by atoms with van der Waals surface area (Å²) in [4.78, 5) is 37.6. The molecule has 1 aliphatic heterocycles. The highest BCUT2D eigenvalue weighted by Crippen LogP contribution is 2.31. The molecule has 0 bridgehead atoms. The predicted octanol–water partition coefficient (Wildman–Crippen LogP) is 2.95. The number of thiophene rings is 1. The largest absolute Gasteiger partial charge is 0.493 e. The van der Waals surface area contributed by atoms with Crippen molar-refractivity contribution in [3.8, 4) is 17.1 Å². The first-order chi connectivity index (χ1) is 18.5. The molecule has 1 saturated heterocycles. The van der Waals surface area contributed by atoms with E-state index in [9.17, 15) is 14.7 Å². The van der Waals surface area contributed by atoms with Crippen LogP contribution >= 0.6 is 11.3 Å². The van der Waals surface area contributed by atoms with Gasteiger partial charge in [-0.3, -0.25) is 9.78 Å². The summed E-state index contributed by atoms with van der Waals surface area (Å²) in [6, 6.07) is 4.38. The molecule has 1 aliphatic carbocycles. The Hall–Kier alpha value is -3.64. The van der Waals surface area contributed by atoms with Crippen LogP contribution in [0.5, 0.6) is 5.88 Å². The van der Waals surface area contributed by atoms with Crippen molar-refractivity contribution in [1.82, 2.24) is 34.8 Å². The van der Waals surface area contributed by atoms with E-state index >= 15 is 0 Å². The molecule has 5 heterocycles. The molecule has 38 heavy (non-hydrogen) atoms. The number of hydrogen-bond donors (Lipinski definition) is 5. The molecule has 1 unspecified atom stereocenters. The first kappa shape index (κ1) is 24.7. The van der Waals surface area contributed by atoms with E-state index in [0.717, 1.165) is 61.5 Å². The number of imidazole rings is 1. The van der Waals surface area contributed by atoms with Crippen LogP contribution in [0.3, 0.4) is 0 Å². The fourth-order valence-corrected chi connectivity index (χ4v) is 5.75. The molecule has 0 radical (unpaired) electrons. The number of H-pyrrole nitrogens is 2. The van der Waals surface area contributed by atoms with E-state index in [2.05, 4.69) is 37.5 Å². The van der Waals surface area contributed by atoms with Gasteiger partial charge in [-0.25, -0.2) is 9.78 Å². The van der Waals surface area contributed by atoms with Crippen LogP contribution in [-0.2, 0) is 6.42 Å². The van der Waals surface area contributed by atoms with Crippen LogP contribution in [-0.4, -0.2) is 72.2 Å². The molecular formula is C26H32N8O3S. The maximum Gasteiger partial charge on any atom is 0.325 e. The van der Waals surface area contributed by atoms with Crippen molar-refractivity contribution in [3.05, 3.63) is 50.3 Å². The predicted molar refractivity (Wildman–Crippen MR) is 146 cm³/mol. The van der Waals surface area contributed by atoms with Crippen molar-refractivity contribution in [2.45, 2.75) is 57.5 Å². The van der Waals surface area contributed by atoms with Gasteiger partial charge in [0.1, 0.15) is 5.82 Å². The van der Waals surface area contributed by atoms with E-state index in [0.29, 0.717) is 22.3 Å². The fraction of sp³-hybridized carbons (Fsp3) is 0.462. The lowest BCUT2D eigenvalue weighted by atomic mass is 10.1. The molecule has 1 atom stereocenters. The number of nitrogens with one attached hydrogen (secondary N) is 4. The minimum absolute atomic E-state index is 0.0540. The van der Waals surface area contributed by atoms with Crippen molar-refractivity contribution >= 4 is 28.7 Å². The minimum atomic E-state index is -0.464. The fourth-order valence-electron chi connectivity index (χ4n) is 4.95. The quantitative estimate of drug-likeness (QED) is 0.210. The summed E-state index contributed by atoms with van der Waals surface area (Å²) in [7, 11) is 0. The molecule has 0 spiro atoms. The number of anilines is 1. The average Bonchev–Trinajstić information content (AvgIpc) is 3.32. The van der Waals surface area contributed by atoms with Crippen molar-refractivity contribution in [2.75, 3.05) is 25.0 Å². The van der Waals surface area contributed by atoms with Gasteiger partial charge in [-0.15, -0.1) is 11.3 Å².